The summed E-state index contributed by atoms with van der Waals surface area (Å²) in [5, 5.41) is 15.9. The molecule has 0 radical (unpaired) electrons. The number of nitrogens with zero attached hydrogens (tertiary/aromatic N) is 1. The number of nitro groups is 1. The van der Waals surface area contributed by atoms with E-state index in [0.29, 0.717) is 10.0 Å². The molecule has 0 fully saturated rings. The molecule has 1 aliphatic rings. The monoisotopic (exact) mass is 327 g/mol. The third kappa shape index (κ3) is 2.73. The lowest BCUT2D eigenvalue weighted by atomic mass is 9.98. The van der Waals surface area contributed by atoms with Crippen LogP contribution in [0.25, 0.3) is 0 Å². The van der Waals surface area contributed by atoms with Gasteiger partial charge in [-0.3, -0.25) is 19.7 Å². The van der Waals surface area contributed by atoms with Crippen molar-refractivity contribution in [2.45, 2.75) is 19.4 Å². The van der Waals surface area contributed by atoms with Gasteiger partial charge in [-0.05, 0) is 11.6 Å². The first-order valence-electron chi connectivity index (χ1n) is 5.43. The van der Waals surface area contributed by atoms with Gasteiger partial charge < -0.3 is 10.6 Å². The summed E-state index contributed by atoms with van der Waals surface area (Å²) in [6.07, 6.45) is 0.223. The molecule has 19 heavy (non-hydrogen) atoms. The van der Waals surface area contributed by atoms with Crippen molar-refractivity contribution >= 4 is 39.1 Å². The number of fused-ring (bicyclic) bond motifs is 1. The fourth-order valence-corrected chi connectivity index (χ4v) is 2.47. The summed E-state index contributed by atoms with van der Waals surface area (Å²) in [5.41, 5.74) is 0.637. The maximum absolute atomic E-state index is 11.8. The maximum atomic E-state index is 11.8. The van der Waals surface area contributed by atoms with E-state index in [1.165, 1.54) is 13.0 Å². The van der Waals surface area contributed by atoms with E-state index < -0.39 is 16.9 Å². The van der Waals surface area contributed by atoms with Crippen LogP contribution in [0.4, 0.5) is 11.4 Å². The number of carbonyl (C=O) groups excluding carboxylic acids is 2. The molecule has 7 nitrogen and oxygen atoms in total. The first-order chi connectivity index (χ1) is 8.88. The van der Waals surface area contributed by atoms with Gasteiger partial charge in [-0.2, -0.15) is 0 Å². The molecule has 1 aliphatic heterocycles. The lowest BCUT2D eigenvalue weighted by molar-refractivity contribution is -0.384. The maximum Gasteiger partial charge on any atom is 0.294 e. The number of amides is 2. The van der Waals surface area contributed by atoms with Crippen LogP contribution in [0, 0.1) is 10.1 Å². The second-order valence-electron chi connectivity index (χ2n) is 4.16. The third-order valence-electron chi connectivity index (χ3n) is 2.73. The Morgan fingerprint density at radius 3 is 2.84 bits per heavy atom. The molecule has 1 aromatic carbocycles. The molecule has 2 N–H and O–H groups in total. The van der Waals surface area contributed by atoms with Crippen LogP contribution in [0.3, 0.4) is 0 Å². The molecule has 0 saturated heterocycles. The van der Waals surface area contributed by atoms with Crippen LogP contribution >= 0.6 is 15.9 Å². The Morgan fingerprint density at radius 1 is 1.58 bits per heavy atom. The van der Waals surface area contributed by atoms with Gasteiger partial charge in [0, 0.05) is 23.9 Å². The molecule has 0 saturated carbocycles. The number of halogens is 1. The van der Waals surface area contributed by atoms with Crippen molar-refractivity contribution < 1.29 is 14.5 Å². The molecule has 1 heterocycles. The molecule has 0 aliphatic carbocycles. The zero-order chi connectivity index (χ0) is 14.2. The van der Waals surface area contributed by atoms with E-state index in [9.17, 15) is 19.7 Å². The molecular formula is C11H10BrN3O4. The number of anilines is 1. The third-order valence-corrected chi connectivity index (χ3v) is 3.18. The molecule has 0 bridgehead atoms. The summed E-state index contributed by atoms with van der Waals surface area (Å²) < 4.78 is 0.552. The van der Waals surface area contributed by atoms with Crippen molar-refractivity contribution in [3.63, 3.8) is 0 Å². The highest BCUT2D eigenvalue weighted by Crippen LogP contribution is 2.35. The average Bonchev–Trinajstić information content (AvgIpc) is 2.29. The van der Waals surface area contributed by atoms with E-state index in [4.69, 9.17) is 0 Å². The van der Waals surface area contributed by atoms with Gasteiger partial charge in [0.1, 0.15) is 11.7 Å². The van der Waals surface area contributed by atoms with Crippen molar-refractivity contribution in [3.05, 3.63) is 32.3 Å². The highest BCUT2D eigenvalue weighted by atomic mass is 79.9. The summed E-state index contributed by atoms with van der Waals surface area (Å²) >= 11 is 3.19. The fourth-order valence-electron chi connectivity index (χ4n) is 1.98. The number of hydrogen-bond acceptors (Lipinski definition) is 4. The van der Waals surface area contributed by atoms with Crippen LogP contribution in [-0.4, -0.2) is 22.8 Å². The molecule has 0 spiro atoms. The van der Waals surface area contributed by atoms with Crippen molar-refractivity contribution in [2.75, 3.05) is 5.32 Å². The molecular weight excluding hydrogens is 318 g/mol. The van der Waals surface area contributed by atoms with Crippen molar-refractivity contribution in [2.24, 2.45) is 0 Å². The van der Waals surface area contributed by atoms with E-state index in [2.05, 4.69) is 26.6 Å². The number of nitrogens with one attached hydrogen (secondary N) is 2. The average molecular weight is 328 g/mol. The quantitative estimate of drug-likeness (QED) is 0.632. The second kappa shape index (κ2) is 4.96. The largest absolute Gasteiger partial charge is 0.344 e. The van der Waals surface area contributed by atoms with E-state index in [-0.39, 0.29) is 23.7 Å². The number of benzene rings is 1. The first kappa shape index (κ1) is 13.5. The Labute approximate surface area is 116 Å². The van der Waals surface area contributed by atoms with Crippen LogP contribution in [0.1, 0.15) is 12.5 Å². The number of hydrogen-bond donors (Lipinski definition) is 2. The molecule has 1 atom stereocenters. The van der Waals surface area contributed by atoms with E-state index in [1.54, 1.807) is 6.07 Å². The van der Waals surface area contributed by atoms with Gasteiger partial charge >= 0.3 is 0 Å². The standard InChI is InChI=1S/C11H10BrN3O4/c1-5(16)13-8-3-6-2-7(12)4-9(15(18)19)10(6)14-11(8)17/h2,4,8H,3H2,1H3,(H,13,16)(H,14,17). The topological polar surface area (TPSA) is 101 Å². The van der Waals surface area contributed by atoms with Crippen molar-refractivity contribution in [3.8, 4) is 0 Å². The van der Waals surface area contributed by atoms with Gasteiger partial charge in [0.25, 0.3) is 5.69 Å². The lowest BCUT2D eigenvalue weighted by Gasteiger charge is -2.24. The summed E-state index contributed by atoms with van der Waals surface area (Å²) in [6.45, 7) is 1.31. The van der Waals surface area contributed by atoms with E-state index in [1.807, 2.05) is 0 Å². The van der Waals surface area contributed by atoms with Gasteiger partial charge in [-0.15, -0.1) is 0 Å². The van der Waals surface area contributed by atoms with Crippen LogP contribution in [0.5, 0.6) is 0 Å². The summed E-state index contributed by atoms with van der Waals surface area (Å²) in [5.74, 6) is -0.777. The fraction of sp³-hybridized carbons (Fsp3) is 0.273. The minimum Gasteiger partial charge on any atom is -0.344 e. The normalized spacial score (nSPS) is 17.4. The Morgan fingerprint density at radius 2 is 2.26 bits per heavy atom. The summed E-state index contributed by atoms with van der Waals surface area (Å²) in [4.78, 5) is 33.2. The molecule has 2 rings (SSSR count). The van der Waals surface area contributed by atoms with Gasteiger partial charge in [0.05, 0.1) is 4.92 Å². The molecule has 8 heteroatoms. The molecule has 1 unspecified atom stereocenters. The van der Waals surface area contributed by atoms with Gasteiger partial charge in [0.2, 0.25) is 11.8 Å². The van der Waals surface area contributed by atoms with Gasteiger partial charge in [-0.1, -0.05) is 15.9 Å². The summed E-state index contributed by atoms with van der Waals surface area (Å²) in [6, 6.07) is 2.31. The minimum absolute atomic E-state index is 0.168. The number of rotatable bonds is 2. The Hall–Kier alpha value is -1.96. The smallest absolute Gasteiger partial charge is 0.294 e. The predicted octanol–water partition coefficient (Wildman–Crippen LogP) is 1.36. The molecule has 0 aromatic heterocycles. The Bertz CT molecular complexity index is 588. The summed E-state index contributed by atoms with van der Waals surface area (Å²) in [7, 11) is 0. The minimum atomic E-state index is -0.709. The van der Waals surface area contributed by atoms with Gasteiger partial charge in [-0.25, -0.2) is 0 Å². The van der Waals surface area contributed by atoms with Crippen LogP contribution in [0.2, 0.25) is 0 Å². The second-order valence-corrected chi connectivity index (χ2v) is 5.08. The SMILES string of the molecule is CC(=O)NC1Cc2cc(Br)cc([N+](=O)[O-])c2NC1=O. The first-order valence-corrected chi connectivity index (χ1v) is 6.22. The number of carbonyl (C=O) groups is 2. The van der Waals surface area contributed by atoms with Crippen molar-refractivity contribution in [1.82, 2.24) is 5.32 Å². The predicted molar refractivity (Wildman–Crippen MR) is 70.7 cm³/mol. The number of nitro benzene ring substituents is 1. The zero-order valence-corrected chi connectivity index (χ0v) is 11.5. The Balaban J connectivity index is 2.43. The lowest BCUT2D eigenvalue weighted by Crippen LogP contribution is -2.47. The van der Waals surface area contributed by atoms with Crippen molar-refractivity contribution in [1.29, 1.82) is 0 Å². The Kier molecular flexibility index (Phi) is 3.52. The molecule has 100 valence electrons. The van der Waals surface area contributed by atoms with Gasteiger partial charge in [0.15, 0.2) is 0 Å². The molecule has 2 amide bonds. The molecule has 1 aromatic rings. The highest BCUT2D eigenvalue weighted by Gasteiger charge is 2.31. The van der Waals surface area contributed by atoms with E-state index in [0.717, 1.165) is 0 Å². The van der Waals surface area contributed by atoms with Crippen LogP contribution in [-0.2, 0) is 16.0 Å². The van der Waals surface area contributed by atoms with E-state index >= 15 is 0 Å². The van der Waals surface area contributed by atoms with Crippen LogP contribution in [0.15, 0.2) is 16.6 Å². The highest BCUT2D eigenvalue weighted by molar-refractivity contribution is 9.10. The zero-order valence-electron chi connectivity index (χ0n) is 9.90. The van der Waals surface area contributed by atoms with Crippen LogP contribution < -0.4 is 10.6 Å².